The van der Waals surface area contributed by atoms with Gasteiger partial charge in [-0.3, -0.25) is 14.4 Å². The number of aliphatic hydroxyl groups is 2. The highest BCUT2D eigenvalue weighted by molar-refractivity contribution is 5.94. The number of rotatable bonds is 10. The largest absolute Gasteiger partial charge is 0.480 e. The fraction of sp³-hybridized carbons (Fsp3) is 0.789. The SMILES string of the molecule is CC(C)CC(NC(=O)C(NC(=O)C(N)C(C)O)C(C)O)C(=O)N1CCCC1C(=O)O. The van der Waals surface area contributed by atoms with Crippen molar-refractivity contribution < 1.29 is 34.5 Å². The maximum atomic E-state index is 13.0. The molecule has 30 heavy (non-hydrogen) atoms. The maximum absolute atomic E-state index is 13.0. The van der Waals surface area contributed by atoms with E-state index >= 15 is 0 Å². The number of hydrogen-bond acceptors (Lipinski definition) is 7. The first-order chi connectivity index (χ1) is 13.9. The number of carboxylic acid groups (broad SMARTS) is 1. The van der Waals surface area contributed by atoms with Gasteiger partial charge in [0.25, 0.3) is 0 Å². The Balaban J connectivity index is 2.98. The van der Waals surface area contributed by atoms with Crippen LogP contribution in [0, 0.1) is 5.92 Å². The summed E-state index contributed by atoms with van der Waals surface area (Å²) in [6, 6.07) is -4.66. The highest BCUT2D eigenvalue weighted by Crippen LogP contribution is 2.20. The second-order valence-corrected chi connectivity index (χ2v) is 8.21. The molecule has 1 aliphatic rings. The van der Waals surface area contributed by atoms with Crippen LogP contribution in [0.2, 0.25) is 0 Å². The summed E-state index contributed by atoms with van der Waals surface area (Å²) in [5, 5.41) is 33.6. The van der Waals surface area contributed by atoms with Crippen molar-refractivity contribution >= 4 is 23.7 Å². The Morgan fingerprint density at radius 1 is 1.03 bits per heavy atom. The van der Waals surface area contributed by atoms with E-state index in [-0.39, 0.29) is 18.9 Å². The quantitative estimate of drug-likeness (QED) is 0.234. The fourth-order valence-corrected chi connectivity index (χ4v) is 3.32. The maximum Gasteiger partial charge on any atom is 0.326 e. The van der Waals surface area contributed by atoms with E-state index in [9.17, 15) is 34.5 Å². The molecule has 6 atom stereocenters. The van der Waals surface area contributed by atoms with E-state index in [4.69, 9.17) is 5.73 Å². The zero-order chi connectivity index (χ0) is 23.2. The average molecular weight is 431 g/mol. The second kappa shape index (κ2) is 11.2. The standard InChI is InChI=1S/C19H34N4O7/c1-9(2)8-12(18(28)23-7-5-6-13(23)19(29)30)21-17(27)15(11(4)25)22-16(26)14(20)10(3)24/h9-15,24-25H,5-8,20H2,1-4H3,(H,21,27)(H,22,26)(H,29,30). The first-order valence-corrected chi connectivity index (χ1v) is 10.1. The molecule has 3 amide bonds. The minimum Gasteiger partial charge on any atom is -0.480 e. The average Bonchev–Trinajstić information content (AvgIpc) is 3.13. The number of nitrogens with two attached hydrogens (primary N) is 1. The summed E-state index contributed by atoms with van der Waals surface area (Å²) in [4.78, 5) is 50.5. The van der Waals surface area contributed by atoms with Crippen LogP contribution in [0.25, 0.3) is 0 Å². The number of carbonyl (C=O) groups is 4. The summed E-state index contributed by atoms with van der Waals surface area (Å²) in [5.74, 6) is -3.24. The first kappa shape index (κ1) is 25.8. The van der Waals surface area contributed by atoms with Crippen LogP contribution < -0.4 is 16.4 Å². The number of aliphatic hydroxyl groups excluding tert-OH is 2. The van der Waals surface area contributed by atoms with E-state index < -0.39 is 60.1 Å². The van der Waals surface area contributed by atoms with Gasteiger partial charge in [-0.2, -0.15) is 0 Å². The molecule has 6 unspecified atom stereocenters. The normalized spacial score (nSPS) is 21.5. The van der Waals surface area contributed by atoms with Gasteiger partial charge in [-0.1, -0.05) is 13.8 Å². The van der Waals surface area contributed by atoms with Gasteiger partial charge in [0.1, 0.15) is 24.2 Å². The monoisotopic (exact) mass is 430 g/mol. The number of nitrogens with zero attached hydrogens (tertiary/aromatic N) is 1. The zero-order valence-electron chi connectivity index (χ0n) is 17.9. The lowest BCUT2D eigenvalue weighted by molar-refractivity contribution is -0.149. The molecule has 172 valence electrons. The van der Waals surface area contributed by atoms with Crippen molar-refractivity contribution in [3.05, 3.63) is 0 Å². The van der Waals surface area contributed by atoms with Crippen LogP contribution in [0.3, 0.4) is 0 Å². The Kier molecular flexibility index (Phi) is 9.66. The molecule has 1 fully saturated rings. The van der Waals surface area contributed by atoms with Crippen LogP contribution in [0.1, 0.15) is 47.0 Å². The molecule has 0 radical (unpaired) electrons. The van der Waals surface area contributed by atoms with Crippen LogP contribution in [-0.4, -0.2) is 86.8 Å². The molecule has 0 aromatic carbocycles. The van der Waals surface area contributed by atoms with Crippen LogP contribution in [0.15, 0.2) is 0 Å². The predicted octanol–water partition coefficient (Wildman–Crippen LogP) is -1.83. The highest BCUT2D eigenvalue weighted by atomic mass is 16.4. The van der Waals surface area contributed by atoms with E-state index in [0.29, 0.717) is 12.8 Å². The van der Waals surface area contributed by atoms with Crippen LogP contribution >= 0.6 is 0 Å². The van der Waals surface area contributed by atoms with Gasteiger partial charge in [-0.15, -0.1) is 0 Å². The summed E-state index contributed by atoms with van der Waals surface area (Å²) in [6.45, 7) is 6.58. The summed E-state index contributed by atoms with van der Waals surface area (Å²) >= 11 is 0. The summed E-state index contributed by atoms with van der Waals surface area (Å²) in [5.41, 5.74) is 5.56. The molecule has 7 N–H and O–H groups in total. The van der Waals surface area contributed by atoms with Gasteiger partial charge in [0.05, 0.1) is 12.2 Å². The molecule has 0 bridgehead atoms. The summed E-state index contributed by atoms with van der Waals surface area (Å²) < 4.78 is 0. The minimum absolute atomic E-state index is 0.00776. The van der Waals surface area contributed by atoms with Crippen molar-refractivity contribution in [1.29, 1.82) is 0 Å². The third-order valence-corrected chi connectivity index (χ3v) is 5.03. The second-order valence-electron chi connectivity index (χ2n) is 8.21. The third kappa shape index (κ3) is 6.92. The van der Waals surface area contributed by atoms with Crippen molar-refractivity contribution in [3.63, 3.8) is 0 Å². The number of amides is 3. The Morgan fingerprint density at radius 2 is 1.63 bits per heavy atom. The zero-order valence-corrected chi connectivity index (χ0v) is 17.9. The molecule has 0 saturated carbocycles. The van der Waals surface area contributed by atoms with Gasteiger partial charge >= 0.3 is 5.97 Å². The Bertz CT molecular complexity index is 638. The number of aliphatic carboxylic acids is 1. The molecular formula is C19H34N4O7. The van der Waals surface area contributed by atoms with Crippen molar-refractivity contribution in [3.8, 4) is 0 Å². The van der Waals surface area contributed by atoms with Gasteiger partial charge in [-0.25, -0.2) is 4.79 Å². The van der Waals surface area contributed by atoms with Gasteiger partial charge in [0, 0.05) is 6.54 Å². The molecule has 0 aliphatic carbocycles. The molecule has 1 rings (SSSR count). The lowest BCUT2D eigenvalue weighted by Gasteiger charge is -2.30. The molecule has 1 aliphatic heterocycles. The predicted molar refractivity (Wildman–Crippen MR) is 107 cm³/mol. The van der Waals surface area contributed by atoms with Crippen molar-refractivity contribution in [2.75, 3.05) is 6.54 Å². The third-order valence-electron chi connectivity index (χ3n) is 5.03. The number of carboxylic acids is 1. The number of hydrogen-bond donors (Lipinski definition) is 6. The van der Waals surface area contributed by atoms with E-state index in [0.717, 1.165) is 0 Å². The molecule has 0 spiro atoms. The molecule has 0 aromatic heterocycles. The molecule has 11 heteroatoms. The molecule has 11 nitrogen and oxygen atoms in total. The van der Waals surface area contributed by atoms with Gasteiger partial charge < -0.3 is 36.6 Å². The topological polar surface area (TPSA) is 182 Å². The van der Waals surface area contributed by atoms with Crippen molar-refractivity contribution in [1.82, 2.24) is 15.5 Å². The lowest BCUT2D eigenvalue weighted by atomic mass is 10.0. The Hall–Kier alpha value is -2.24. The molecular weight excluding hydrogens is 396 g/mol. The Morgan fingerprint density at radius 3 is 2.10 bits per heavy atom. The van der Waals surface area contributed by atoms with Gasteiger partial charge in [0.2, 0.25) is 17.7 Å². The minimum atomic E-state index is -1.40. The lowest BCUT2D eigenvalue weighted by Crippen LogP contribution is -2.60. The summed E-state index contributed by atoms with van der Waals surface area (Å²) in [6.07, 6.45) is -1.33. The van der Waals surface area contributed by atoms with Gasteiger partial charge in [-0.05, 0) is 39.0 Å². The Labute approximate surface area is 176 Å². The van der Waals surface area contributed by atoms with Gasteiger partial charge in [0.15, 0.2) is 0 Å². The van der Waals surface area contributed by atoms with E-state index in [1.54, 1.807) is 0 Å². The smallest absolute Gasteiger partial charge is 0.326 e. The van der Waals surface area contributed by atoms with E-state index in [2.05, 4.69) is 10.6 Å². The van der Waals surface area contributed by atoms with Crippen LogP contribution in [0.4, 0.5) is 0 Å². The molecule has 1 heterocycles. The fourth-order valence-electron chi connectivity index (χ4n) is 3.32. The van der Waals surface area contributed by atoms with E-state index in [1.807, 2.05) is 13.8 Å². The number of carbonyl (C=O) groups excluding carboxylic acids is 3. The number of likely N-dealkylation sites (tertiary alicyclic amines) is 1. The van der Waals surface area contributed by atoms with Crippen LogP contribution in [-0.2, 0) is 19.2 Å². The molecule has 0 aromatic rings. The van der Waals surface area contributed by atoms with Crippen LogP contribution in [0.5, 0.6) is 0 Å². The highest BCUT2D eigenvalue weighted by Gasteiger charge is 2.39. The molecule has 1 saturated heterocycles. The van der Waals surface area contributed by atoms with E-state index in [1.165, 1.54) is 18.7 Å². The number of nitrogens with one attached hydrogen (secondary N) is 2. The summed E-state index contributed by atoms with van der Waals surface area (Å²) in [7, 11) is 0. The first-order valence-electron chi connectivity index (χ1n) is 10.1. The van der Waals surface area contributed by atoms with Crippen molar-refractivity contribution in [2.24, 2.45) is 11.7 Å². The van der Waals surface area contributed by atoms with Crippen molar-refractivity contribution in [2.45, 2.75) is 83.3 Å².